The van der Waals surface area contributed by atoms with E-state index in [2.05, 4.69) is 15.5 Å². The van der Waals surface area contributed by atoms with Gasteiger partial charge in [0.25, 0.3) is 0 Å². The quantitative estimate of drug-likeness (QED) is 0.604. The molecule has 5 heteroatoms. The van der Waals surface area contributed by atoms with E-state index in [1.165, 1.54) is 0 Å². The number of amides is 1. The Hall–Kier alpha value is -1.36. The van der Waals surface area contributed by atoms with Crippen LogP contribution < -0.4 is 11.1 Å². The van der Waals surface area contributed by atoms with Crippen LogP contribution in [0.3, 0.4) is 0 Å². The van der Waals surface area contributed by atoms with Gasteiger partial charge >= 0.3 is 0 Å². The molecule has 5 nitrogen and oxygen atoms in total. The third-order valence-electron chi connectivity index (χ3n) is 2.05. The Morgan fingerprint density at radius 3 is 2.54 bits per heavy atom. The first-order valence-corrected chi connectivity index (χ1v) is 4.06. The first-order chi connectivity index (χ1) is 6.07. The molecule has 1 aromatic heterocycles. The van der Waals surface area contributed by atoms with Gasteiger partial charge in [-0.05, 0) is 20.9 Å². The number of carbonyl (C=O) groups excluding carboxylic acids is 1. The van der Waals surface area contributed by atoms with E-state index < -0.39 is 11.9 Å². The number of hydrogen-bond donors (Lipinski definition) is 3. The van der Waals surface area contributed by atoms with Crippen molar-refractivity contribution in [1.29, 1.82) is 0 Å². The van der Waals surface area contributed by atoms with E-state index in [4.69, 9.17) is 5.73 Å². The molecule has 4 N–H and O–H groups in total. The topological polar surface area (TPSA) is 83.8 Å². The van der Waals surface area contributed by atoms with Crippen LogP contribution in [0.2, 0.25) is 0 Å². The molecule has 1 rings (SSSR count). The molecule has 1 unspecified atom stereocenters. The Morgan fingerprint density at radius 2 is 2.23 bits per heavy atom. The Balaban J connectivity index is 3.10. The average Bonchev–Trinajstić information content (AvgIpc) is 2.36. The highest BCUT2D eigenvalue weighted by Crippen LogP contribution is 2.18. The summed E-state index contributed by atoms with van der Waals surface area (Å²) in [6.07, 6.45) is 0. The lowest BCUT2D eigenvalue weighted by Crippen LogP contribution is -2.31. The van der Waals surface area contributed by atoms with Crippen molar-refractivity contribution in [1.82, 2.24) is 15.5 Å². The summed E-state index contributed by atoms with van der Waals surface area (Å²) in [5.74, 6) is -0.393. The van der Waals surface area contributed by atoms with Crippen molar-refractivity contribution in [3.05, 3.63) is 17.0 Å². The minimum Gasteiger partial charge on any atom is -0.368 e. The predicted molar refractivity (Wildman–Crippen MR) is 49.1 cm³/mol. The Morgan fingerprint density at radius 1 is 1.62 bits per heavy atom. The Labute approximate surface area is 76.7 Å². The fourth-order valence-electron chi connectivity index (χ4n) is 1.41. The van der Waals surface area contributed by atoms with Crippen molar-refractivity contribution >= 4 is 5.91 Å². The lowest BCUT2D eigenvalue weighted by atomic mass is 10.1. The standard InChI is InChI=1S/C8H14N4O/c1-4-6(5(2)12-11-4)7(10-3)8(9)13/h7,10H,1-3H3,(H2,9,13)(H,11,12). The molecular formula is C8H14N4O. The van der Waals surface area contributed by atoms with Crippen molar-refractivity contribution in [2.75, 3.05) is 7.05 Å². The number of likely N-dealkylation sites (N-methyl/N-ethyl adjacent to an activating group) is 1. The van der Waals surface area contributed by atoms with Crippen molar-refractivity contribution in [3.63, 3.8) is 0 Å². The molecule has 0 aliphatic carbocycles. The molecule has 13 heavy (non-hydrogen) atoms. The molecule has 0 saturated heterocycles. The number of aromatic nitrogens is 2. The van der Waals surface area contributed by atoms with E-state index in [0.717, 1.165) is 17.0 Å². The van der Waals surface area contributed by atoms with Crippen LogP contribution >= 0.6 is 0 Å². The number of H-pyrrole nitrogens is 1. The first-order valence-electron chi connectivity index (χ1n) is 4.06. The van der Waals surface area contributed by atoms with Gasteiger partial charge in [-0.1, -0.05) is 0 Å². The van der Waals surface area contributed by atoms with Crippen LogP contribution in [0.25, 0.3) is 0 Å². The third-order valence-corrected chi connectivity index (χ3v) is 2.05. The predicted octanol–water partition coefficient (Wildman–Crippen LogP) is -0.228. The van der Waals surface area contributed by atoms with Crippen LogP contribution in [0.15, 0.2) is 0 Å². The van der Waals surface area contributed by atoms with Crippen LogP contribution in [-0.4, -0.2) is 23.2 Å². The van der Waals surface area contributed by atoms with Crippen molar-refractivity contribution in [2.24, 2.45) is 5.73 Å². The highest BCUT2D eigenvalue weighted by molar-refractivity contribution is 5.82. The van der Waals surface area contributed by atoms with Crippen LogP contribution in [0.1, 0.15) is 23.0 Å². The van der Waals surface area contributed by atoms with Gasteiger partial charge in [0.15, 0.2) is 0 Å². The van der Waals surface area contributed by atoms with Gasteiger partial charge in [-0.2, -0.15) is 5.10 Å². The molecule has 1 amide bonds. The molecule has 72 valence electrons. The number of primary amides is 1. The zero-order chi connectivity index (χ0) is 10.0. The minimum absolute atomic E-state index is 0.393. The minimum atomic E-state index is -0.459. The summed E-state index contributed by atoms with van der Waals surface area (Å²) in [7, 11) is 1.70. The maximum absolute atomic E-state index is 11.1. The van der Waals surface area contributed by atoms with Crippen LogP contribution in [0.5, 0.6) is 0 Å². The number of aromatic amines is 1. The molecule has 0 radical (unpaired) electrons. The van der Waals surface area contributed by atoms with Gasteiger partial charge in [0, 0.05) is 11.3 Å². The van der Waals surface area contributed by atoms with Crippen LogP contribution in [-0.2, 0) is 4.79 Å². The highest BCUT2D eigenvalue weighted by Gasteiger charge is 2.21. The number of rotatable bonds is 3. The Bertz CT molecular complexity index is 298. The molecule has 0 aromatic carbocycles. The first kappa shape index (κ1) is 9.73. The molecule has 1 heterocycles. The number of carbonyl (C=O) groups is 1. The lowest BCUT2D eigenvalue weighted by molar-refractivity contribution is -0.120. The fraction of sp³-hybridized carbons (Fsp3) is 0.500. The van der Waals surface area contributed by atoms with Gasteiger partial charge in [-0.15, -0.1) is 0 Å². The monoisotopic (exact) mass is 182 g/mol. The Kier molecular flexibility index (Phi) is 2.67. The van der Waals surface area contributed by atoms with Gasteiger partial charge in [-0.3, -0.25) is 9.89 Å². The third kappa shape index (κ3) is 1.70. The number of nitrogens with two attached hydrogens (primary N) is 1. The van der Waals surface area contributed by atoms with Gasteiger partial charge in [0.05, 0.1) is 5.69 Å². The maximum atomic E-state index is 11.1. The van der Waals surface area contributed by atoms with Crippen molar-refractivity contribution in [2.45, 2.75) is 19.9 Å². The smallest absolute Gasteiger partial charge is 0.239 e. The second-order valence-corrected chi connectivity index (χ2v) is 2.97. The van der Waals surface area contributed by atoms with Gasteiger partial charge in [0.1, 0.15) is 6.04 Å². The summed E-state index contributed by atoms with van der Waals surface area (Å²) in [4.78, 5) is 11.1. The molecule has 0 aliphatic heterocycles. The summed E-state index contributed by atoms with van der Waals surface area (Å²) < 4.78 is 0. The van der Waals surface area contributed by atoms with E-state index in [0.29, 0.717) is 0 Å². The van der Waals surface area contributed by atoms with E-state index in [-0.39, 0.29) is 0 Å². The van der Waals surface area contributed by atoms with Gasteiger partial charge < -0.3 is 11.1 Å². The number of hydrogen-bond acceptors (Lipinski definition) is 3. The number of nitrogens with zero attached hydrogens (tertiary/aromatic N) is 1. The average molecular weight is 182 g/mol. The number of aryl methyl sites for hydroxylation is 2. The summed E-state index contributed by atoms with van der Waals surface area (Å²) in [6, 6.07) is -0.459. The molecule has 0 spiro atoms. The highest BCUT2D eigenvalue weighted by atomic mass is 16.1. The molecule has 1 atom stereocenters. The number of nitrogens with one attached hydrogen (secondary N) is 2. The van der Waals surface area contributed by atoms with E-state index in [1.807, 2.05) is 13.8 Å². The molecule has 0 aliphatic rings. The summed E-state index contributed by atoms with van der Waals surface area (Å²) in [5, 5.41) is 9.65. The van der Waals surface area contributed by atoms with Crippen LogP contribution in [0.4, 0.5) is 0 Å². The second kappa shape index (κ2) is 3.57. The zero-order valence-corrected chi connectivity index (χ0v) is 8.01. The molecule has 0 saturated carbocycles. The van der Waals surface area contributed by atoms with Gasteiger partial charge in [0.2, 0.25) is 5.91 Å². The largest absolute Gasteiger partial charge is 0.368 e. The summed E-state index contributed by atoms with van der Waals surface area (Å²) in [6.45, 7) is 3.70. The van der Waals surface area contributed by atoms with Crippen molar-refractivity contribution < 1.29 is 4.79 Å². The fourth-order valence-corrected chi connectivity index (χ4v) is 1.41. The van der Waals surface area contributed by atoms with E-state index in [9.17, 15) is 4.79 Å². The van der Waals surface area contributed by atoms with E-state index >= 15 is 0 Å². The van der Waals surface area contributed by atoms with Crippen LogP contribution in [0, 0.1) is 13.8 Å². The van der Waals surface area contributed by atoms with Gasteiger partial charge in [-0.25, -0.2) is 0 Å². The zero-order valence-electron chi connectivity index (χ0n) is 8.01. The van der Waals surface area contributed by atoms with Crippen molar-refractivity contribution in [3.8, 4) is 0 Å². The molecule has 0 fully saturated rings. The maximum Gasteiger partial charge on any atom is 0.239 e. The summed E-state index contributed by atoms with van der Waals surface area (Å²) in [5.41, 5.74) is 7.75. The van der Waals surface area contributed by atoms with E-state index in [1.54, 1.807) is 7.05 Å². The normalized spacial score (nSPS) is 12.8. The second-order valence-electron chi connectivity index (χ2n) is 2.97. The SMILES string of the molecule is CNC(C(N)=O)c1c(C)n[nH]c1C. The molecular weight excluding hydrogens is 168 g/mol. The lowest BCUT2D eigenvalue weighted by Gasteiger charge is -2.12. The molecule has 0 bridgehead atoms. The molecule has 1 aromatic rings. The summed E-state index contributed by atoms with van der Waals surface area (Å²) >= 11 is 0.